The first-order chi connectivity index (χ1) is 9.37. The number of hydrogen-bond donors (Lipinski definition) is 0. The van der Waals surface area contributed by atoms with E-state index in [1.54, 1.807) is 19.9 Å². The summed E-state index contributed by atoms with van der Waals surface area (Å²) in [6.07, 6.45) is 1.74. The van der Waals surface area contributed by atoms with Crippen molar-refractivity contribution in [3.63, 3.8) is 0 Å². The summed E-state index contributed by atoms with van der Waals surface area (Å²) in [5, 5.41) is 0. The minimum Gasteiger partial charge on any atom is -0.342 e. The highest BCUT2D eigenvalue weighted by Crippen LogP contribution is 2.50. The van der Waals surface area contributed by atoms with Crippen molar-refractivity contribution in [2.24, 2.45) is 0 Å². The van der Waals surface area contributed by atoms with Crippen LogP contribution >= 0.6 is 7.60 Å². The molecule has 0 saturated carbocycles. The molecule has 2 heterocycles. The summed E-state index contributed by atoms with van der Waals surface area (Å²) in [5.74, 6) is 0.868. The van der Waals surface area contributed by atoms with Crippen LogP contribution in [0, 0.1) is 0 Å². The molecule has 0 aromatic rings. The molecule has 0 spiro atoms. The first-order valence-electron chi connectivity index (χ1n) is 6.97. The molecule has 0 bridgehead atoms. The van der Waals surface area contributed by atoms with Crippen molar-refractivity contribution in [3.8, 4) is 0 Å². The third-order valence-corrected chi connectivity index (χ3v) is 4.79. The van der Waals surface area contributed by atoms with E-state index in [1.807, 2.05) is 13.8 Å². The van der Waals surface area contributed by atoms with Crippen LogP contribution in [0.3, 0.4) is 0 Å². The zero-order valence-corrected chi connectivity index (χ0v) is 13.3. The Morgan fingerprint density at radius 1 is 1.25 bits per heavy atom. The maximum absolute atomic E-state index is 12.3. The quantitative estimate of drug-likeness (QED) is 0.703. The zero-order valence-electron chi connectivity index (χ0n) is 12.4. The molecule has 116 valence electrons. The lowest BCUT2D eigenvalue weighted by atomic mass is 10.2. The van der Waals surface area contributed by atoms with Crippen molar-refractivity contribution in [1.82, 2.24) is 0 Å². The SMILES string of the molecule is CCOP(=O)(/C=C/[C@@H]1C[C@H]2OC(C)(C)O[C@H]2O1)OCC. The summed E-state index contributed by atoms with van der Waals surface area (Å²) in [4.78, 5) is 0. The lowest BCUT2D eigenvalue weighted by molar-refractivity contribution is -0.200. The van der Waals surface area contributed by atoms with E-state index in [9.17, 15) is 4.57 Å². The number of ether oxygens (including phenoxy) is 3. The second kappa shape index (κ2) is 6.26. The normalized spacial score (nSPS) is 32.9. The Kier molecular flexibility index (Phi) is 5.05. The molecule has 0 aromatic carbocycles. The zero-order chi connectivity index (χ0) is 14.8. The Morgan fingerprint density at radius 2 is 1.90 bits per heavy atom. The van der Waals surface area contributed by atoms with E-state index in [4.69, 9.17) is 23.3 Å². The summed E-state index contributed by atoms with van der Waals surface area (Å²) < 4.78 is 39.7. The van der Waals surface area contributed by atoms with Crippen LogP contribution in [0.15, 0.2) is 11.9 Å². The molecular formula is C13H23O6P. The minimum atomic E-state index is -3.17. The largest absolute Gasteiger partial charge is 0.353 e. The molecule has 0 aliphatic carbocycles. The van der Waals surface area contributed by atoms with Gasteiger partial charge in [0.25, 0.3) is 0 Å². The molecule has 2 fully saturated rings. The van der Waals surface area contributed by atoms with Crippen LogP contribution < -0.4 is 0 Å². The van der Waals surface area contributed by atoms with Crippen molar-refractivity contribution < 1.29 is 27.8 Å². The third kappa shape index (κ3) is 3.91. The predicted molar refractivity (Wildman–Crippen MR) is 73.3 cm³/mol. The predicted octanol–water partition coefficient (Wildman–Crippen LogP) is 3.03. The van der Waals surface area contributed by atoms with Crippen LogP contribution in [0.4, 0.5) is 0 Å². The molecule has 0 radical (unpaired) electrons. The standard InChI is InChI=1S/C13H23O6P/c1-5-15-20(14,16-6-2)8-7-10-9-11-12(17-10)19-13(3,4)18-11/h7-8,10-12H,5-6,9H2,1-4H3/b8-7+/t10-,11-,12-/m1/s1. The number of fused-ring (bicyclic) bond motifs is 1. The van der Waals surface area contributed by atoms with Crippen molar-refractivity contribution >= 4 is 7.60 Å². The molecule has 0 unspecified atom stereocenters. The van der Waals surface area contributed by atoms with Gasteiger partial charge in [-0.1, -0.05) is 0 Å². The monoisotopic (exact) mass is 306 g/mol. The van der Waals surface area contributed by atoms with Crippen LogP contribution in [-0.2, 0) is 27.8 Å². The van der Waals surface area contributed by atoms with E-state index in [0.717, 1.165) is 0 Å². The van der Waals surface area contributed by atoms with Gasteiger partial charge < -0.3 is 23.3 Å². The summed E-state index contributed by atoms with van der Waals surface area (Å²) in [7, 11) is -3.17. The lowest BCUT2D eigenvalue weighted by Gasteiger charge is -2.19. The van der Waals surface area contributed by atoms with Crippen molar-refractivity contribution in [2.75, 3.05) is 13.2 Å². The maximum atomic E-state index is 12.3. The molecular weight excluding hydrogens is 283 g/mol. The molecule has 6 nitrogen and oxygen atoms in total. The van der Waals surface area contributed by atoms with Crippen LogP contribution in [0.5, 0.6) is 0 Å². The topological polar surface area (TPSA) is 63.2 Å². The first kappa shape index (κ1) is 16.1. The van der Waals surface area contributed by atoms with Crippen LogP contribution in [0.25, 0.3) is 0 Å². The van der Waals surface area contributed by atoms with Crippen molar-refractivity contribution in [3.05, 3.63) is 11.9 Å². The molecule has 2 aliphatic rings. The highest BCUT2D eigenvalue weighted by molar-refractivity contribution is 7.57. The summed E-state index contributed by atoms with van der Waals surface area (Å²) in [5.41, 5.74) is 0. The molecule has 0 aromatic heterocycles. The molecule has 20 heavy (non-hydrogen) atoms. The maximum Gasteiger partial charge on any atom is 0.353 e. The number of rotatable bonds is 6. The highest BCUT2D eigenvalue weighted by atomic mass is 31.2. The summed E-state index contributed by atoms with van der Waals surface area (Å²) in [6, 6.07) is 0. The first-order valence-corrected chi connectivity index (χ1v) is 8.58. The Bertz CT molecular complexity index is 382. The molecule has 7 heteroatoms. The average Bonchev–Trinajstić information content (AvgIpc) is 2.80. The summed E-state index contributed by atoms with van der Waals surface area (Å²) in [6.45, 7) is 7.94. The minimum absolute atomic E-state index is 0.0850. The van der Waals surface area contributed by atoms with E-state index in [1.165, 1.54) is 5.82 Å². The molecule has 0 amide bonds. The smallest absolute Gasteiger partial charge is 0.342 e. The van der Waals surface area contributed by atoms with Gasteiger partial charge in [-0.25, -0.2) is 0 Å². The van der Waals surface area contributed by atoms with Gasteiger partial charge >= 0.3 is 7.60 Å². The highest BCUT2D eigenvalue weighted by Gasteiger charge is 2.48. The Labute approximate surface area is 119 Å². The van der Waals surface area contributed by atoms with Gasteiger partial charge in [0.1, 0.15) is 6.10 Å². The molecule has 0 N–H and O–H groups in total. The Morgan fingerprint density at radius 3 is 2.45 bits per heavy atom. The third-order valence-electron chi connectivity index (χ3n) is 3.01. The van der Waals surface area contributed by atoms with Gasteiger partial charge in [-0.15, -0.1) is 0 Å². The van der Waals surface area contributed by atoms with Gasteiger partial charge in [0, 0.05) is 12.2 Å². The van der Waals surface area contributed by atoms with Gasteiger partial charge in [-0.3, -0.25) is 4.57 Å². The second-order valence-electron chi connectivity index (χ2n) is 5.17. The van der Waals surface area contributed by atoms with Gasteiger partial charge in [0.15, 0.2) is 12.1 Å². The second-order valence-corrected chi connectivity index (χ2v) is 7.06. The summed E-state index contributed by atoms with van der Waals surface area (Å²) >= 11 is 0. The van der Waals surface area contributed by atoms with Crippen LogP contribution in [0.1, 0.15) is 34.1 Å². The Hall–Kier alpha value is -0.230. The molecule has 2 rings (SSSR count). The van der Waals surface area contributed by atoms with E-state index in [-0.39, 0.29) is 18.5 Å². The van der Waals surface area contributed by atoms with Gasteiger partial charge in [0.05, 0.1) is 19.3 Å². The average molecular weight is 306 g/mol. The van der Waals surface area contributed by atoms with E-state index < -0.39 is 13.4 Å². The van der Waals surface area contributed by atoms with Crippen molar-refractivity contribution in [2.45, 2.75) is 58.4 Å². The number of hydrogen-bond acceptors (Lipinski definition) is 6. The van der Waals surface area contributed by atoms with Crippen LogP contribution in [0.2, 0.25) is 0 Å². The molecule has 2 aliphatic heterocycles. The fourth-order valence-electron chi connectivity index (χ4n) is 2.34. The van der Waals surface area contributed by atoms with E-state index in [2.05, 4.69) is 0 Å². The fourth-order valence-corrected chi connectivity index (χ4v) is 3.71. The van der Waals surface area contributed by atoms with Gasteiger partial charge in [0.2, 0.25) is 0 Å². The van der Waals surface area contributed by atoms with E-state index >= 15 is 0 Å². The van der Waals surface area contributed by atoms with E-state index in [0.29, 0.717) is 19.6 Å². The lowest BCUT2D eigenvalue weighted by Crippen LogP contribution is -2.24. The molecule has 2 saturated heterocycles. The van der Waals surface area contributed by atoms with Crippen molar-refractivity contribution in [1.29, 1.82) is 0 Å². The van der Waals surface area contributed by atoms with Gasteiger partial charge in [-0.05, 0) is 33.8 Å². The Balaban J connectivity index is 1.92. The van der Waals surface area contributed by atoms with Crippen LogP contribution in [-0.4, -0.2) is 37.5 Å². The van der Waals surface area contributed by atoms with Gasteiger partial charge in [-0.2, -0.15) is 0 Å². The molecule has 3 atom stereocenters. The fraction of sp³-hybridized carbons (Fsp3) is 0.846.